The third kappa shape index (κ3) is 4.88. The molecule has 1 fully saturated rings. The number of rotatable bonds is 7. The number of nitrogens with one attached hydrogen (secondary N) is 1. The Labute approximate surface area is 119 Å². The van der Waals surface area contributed by atoms with E-state index < -0.39 is 0 Å². The smallest absolute Gasteiger partial charge is 0.324 e. The molecule has 0 amide bonds. The molecule has 3 nitrogen and oxygen atoms in total. The van der Waals surface area contributed by atoms with Gasteiger partial charge in [0, 0.05) is 16.7 Å². The summed E-state index contributed by atoms with van der Waals surface area (Å²) in [6.07, 6.45) is 2.34. The van der Waals surface area contributed by atoms with Crippen molar-refractivity contribution in [3.8, 4) is 0 Å². The molecule has 1 N–H and O–H groups in total. The summed E-state index contributed by atoms with van der Waals surface area (Å²) in [5.41, 5.74) is 1.25. The van der Waals surface area contributed by atoms with Crippen LogP contribution in [0.4, 0.5) is 0 Å². The fraction of sp³-hybridized carbons (Fsp3) is 0.533. The van der Waals surface area contributed by atoms with Crippen molar-refractivity contribution in [1.29, 1.82) is 0 Å². The highest BCUT2D eigenvalue weighted by Gasteiger charge is 2.29. The van der Waals surface area contributed by atoms with E-state index in [0.29, 0.717) is 12.6 Å². The second-order valence-electron chi connectivity index (χ2n) is 4.87. The number of esters is 1. The monoisotopic (exact) mass is 279 g/mol. The lowest BCUT2D eigenvalue weighted by molar-refractivity contribution is -0.145. The molecular weight excluding hydrogens is 258 g/mol. The summed E-state index contributed by atoms with van der Waals surface area (Å²) in [5.74, 6) is 0.590. The molecular formula is C15H21NO2S. The van der Waals surface area contributed by atoms with Gasteiger partial charge in [0.05, 0.1) is 6.61 Å². The van der Waals surface area contributed by atoms with Crippen LogP contribution in [0.25, 0.3) is 0 Å². The Bertz CT molecular complexity index is 415. The van der Waals surface area contributed by atoms with Gasteiger partial charge in [-0.25, -0.2) is 0 Å². The first-order valence-corrected chi connectivity index (χ1v) is 7.79. The quantitative estimate of drug-likeness (QED) is 0.615. The van der Waals surface area contributed by atoms with Crippen LogP contribution in [-0.2, 0) is 9.53 Å². The first kappa shape index (κ1) is 14.4. The summed E-state index contributed by atoms with van der Waals surface area (Å²) >= 11 is 1.70. The van der Waals surface area contributed by atoms with E-state index >= 15 is 0 Å². The van der Waals surface area contributed by atoms with E-state index in [1.54, 1.807) is 11.8 Å². The normalized spacial score (nSPS) is 16.1. The maximum absolute atomic E-state index is 11.9. The van der Waals surface area contributed by atoms with Gasteiger partial charge >= 0.3 is 5.97 Å². The molecule has 0 saturated heterocycles. The first-order valence-electron chi connectivity index (χ1n) is 6.81. The lowest BCUT2D eigenvalue weighted by Crippen LogP contribution is -2.41. The predicted molar refractivity (Wildman–Crippen MR) is 78.5 cm³/mol. The van der Waals surface area contributed by atoms with Gasteiger partial charge in [-0.1, -0.05) is 17.7 Å². The number of thioether (sulfide) groups is 1. The average molecular weight is 279 g/mol. The van der Waals surface area contributed by atoms with Gasteiger partial charge in [0.25, 0.3) is 0 Å². The summed E-state index contributed by atoms with van der Waals surface area (Å²) < 4.78 is 5.13. The minimum absolute atomic E-state index is 0.131. The van der Waals surface area contributed by atoms with Crippen LogP contribution in [0.2, 0.25) is 0 Å². The average Bonchev–Trinajstić information content (AvgIpc) is 3.20. The van der Waals surface area contributed by atoms with Crippen LogP contribution < -0.4 is 5.32 Å². The fourth-order valence-electron chi connectivity index (χ4n) is 1.78. The summed E-state index contributed by atoms with van der Waals surface area (Å²) in [5, 5.41) is 3.36. The van der Waals surface area contributed by atoms with Gasteiger partial charge in [-0.15, -0.1) is 11.8 Å². The van der Waals surface area contributed by atoms with E-state index in [4.69, 9.17) is 4.74 Å². The topological polar surface area (TPSA) is 38.3 Å². The van der Waals surface area contributed by atoms with Crippen molar-refractivity contribution in [2.24, 2.45) is 0 Å². The van der Waals surface area contributed by atoms with Crippen LogP contribution in [0, 0.1) is 6.92 Å². The molecule has 4 heteroatoms. The van der Waals surface area contributed by atoms with E-state index in [9.17, 15) is 4.79 Å². The van der Waals surface area contributed by atoms with Gasteiger partial charge in [-0.2, -0.15) is 0 Å². The third-order valence-corrected chi connectivity index (χ3v) is 4.13. The number of ether oxygens (including phenoxy) is 1. The van der Waals surface area contributed by atoms with Crippen LogP contribution >= 0.6 is 11.8 Å². The zero-order chi connectivity index (χ0) is 13.7. The number of carbonyl (C=O) groups is 1. The number of carbonyl (C=O) groups excluding carboxylic acids is 1. The van der Waals surface area contributed by atoms with Crippen LogP contribution in [0.5, 0.6) is 0 Å². The third-order valence-electron chi connectivity index (χ3n) is 3.02. The molecule has 0 bridgehead atoms. The Hall–Kier alpha value is -1.00. The summed E-state index contributed by atoms with van der Waals surface area (Å²) in [7, 11) is 0. The molecule has 1 unspecified atom stereocenters. The van der Waals surface area contributed by atoms with Gasteiger partial charge in [-0.3, -0.25) is 4.79 Å². The second-order valence-corrected chi connectivity index (χ2v) is 5.96. The van der Waals surface area contributed by atoms with Crippen molar-refractivity contribution in [3.63, 3.8) is 0 Å². The number of aryl methyl sites for hydroxylation is 1. The Morgan fingerprint density at radius 1 is 1.42 bits per heavy atom. The Balaban J connectivity index is 1.87. The molecule has 0 heterocycles. The molecule has 0 radical (unpaired) electrons. The van der Waals surface area contributed by atoms with Crippen LogP contribution in [0.15, 0.2) is 29.2 Å². The van der Waals surface area contributed by atoms with Crippen molar-refractivity contribution >= 4 is 17.7 Å². The molecule has 0 aliphatic heterocycles. The fourth-order valence-corrected chi connectivity index (χ4v) is 2.70. The highest BCUT2D eigenvalue weighted by Crippen LogP contribution is 2.23. The lowest BCUT2D eigenvalue weighted by Gasteiger charge is -2.16. The molecule has 0 spiro atoms. The summed E-state index contributed by atoms with van der Waals surface area (Å²) in [6, 6.07) is 8.69. The van der Waals surface area contributed by atoms with Crippen LogP contribution in [0.1, 0.15) is 25.3 Å². The van der Waals surface area contributed by atoms with Crippen LogP contribution in [-0.4, -0.2) is 30.4 Å². The van der Waals surface area contributed by atoms with Crippen molar-refractivity contribution in [3.05, 3.63) is 29.8 Å². The SMILES string of the molecule is CCOC(=O)C(CSc1ccc(C)cc1)NC1CC1. The molecule has 2 rings (SSSR count). The van der Waals surface area contributed by atoms with E-state index in [1.807, 2.05) is 6.92 Å². The largest absolute Gasteiger partial charge is 0.465 e. The predicted octanol–water partition coefficient (Wildman–Crippen LogP) is 2.77. The lowest BCUT2D eigenvalue weighted by atomic mass is 10.2. The summed E-state index contributed by atoms with van der Waals surface area (Å²) in [4.78, 5) is 13.1. The van der Waals surface area contributed by atoms with Gasteiger partial charge in [-0.05, 0) is 38.8 Å². The Morgan fingerprint density at radius 2 is 2.11 bits per heavy atom. The van der Waals surface area contributed by atoms with Crippen molar-refractivity contribution in [2.45, 2.75) is 43.7 Å². The standard InChI is InChI=1S/C15H21NO2S/c1-3-18-15(17)14(16-12-6-7-12)10-19-13-8-4-11(2)5-9-13/h4-5,8-9,12,14,16H,3,6-7,10H2,1-2H3. The van der Waals surface area contributed by atoms with E-state index in [2.05, 4.69) is 36.5 Å². The maximum Gasteiger partial charge on any atom is 0.324 e. The number of benzene rings is 1. The molecule has 104 valence electrons. The van der Waals surface area contributed by atoms with E-state index in [1.165, 1.54) is 23.3 Å². The number of hydrogen-bond acceptors (Lipinski definition) is 4. The Morgan fingerprint density at radius 3 is 2.68 bits per heavy atom. The van der Waals surface area contributed by atoms with E-state index in [0.717, 1.165) is 5.75 Å². The summed E-state index contributed by atoms with van der Waals surface area (Å²) in [6.45, 7) is 4.36. The van der Waals surface area contributed by atoms with Gasteiger partial charge in [0.1, 0.15) is 6.04 Å². The van der Waals surface area contributed by atoms with Crippen molar-refractivity contribution in [2.75, 3.05) is 12.4 Å². The molecule has 1 aliphatic rings. The molecule has 1 aromatic carbocycles. The van der Waals surface area contributed by atoms with Gasteiger partial charge < -0.3 is 10.1 Å². The van der Waals surface area contributed by atoms with E-state index in [-0.39, 0.29) is 12.0 Å². The highest BCUT2D eigenvalue weighted by atomic mass is 32.2. The number of hydrogen-bond donors (Lipinski definition) is 1. The van der Waals surface area contributed by atoms with Crippen molar-refractivity contribution < 1.29 is 9.53 Å². The molecule has 1 saturated carbocycles. The first-order chi connectivity index (χ1) is 9.19. The maximum atomic E-state index is 11.9. The molecule has 0 aromatic heterocycles. The minimum atomic E-state index is -0.196. The zero-order valence-corrected chi connectivity index (χ0v) is 12.3. The highest BCUT2D eigenvalue weighted by molar-refractivity contribution is 7.99. The zero-order valence-electron chi connectivity index (χ0n) is 11.5. The van der Waals surface area contributed by atoms with Crippen molar-refractivity contribution in [1.82, 2.24) is 5.32 Å². The molecule has 19 heavy (non-hydrogen) atoms. The second kappa shape index (κ2) is 6.96. The molecule has 1 aliphatic carbocycles. The molecule has 1 aromatic rings. The molecule has 1 atom stereocenters. The van der Waals surface area contributed by atoms with Gasteiger partial charge in [0.2, 0.25) is 0 Å². The minimum Gasteiger partial charge on any atom is -0.465 e. The van der Waals surface area contributed by atoms with Crippen LogP contribution in [0.3, 0.4) is 0 Å². The Kier molecular flexibility index (Phi) is 5.28. The van der Waals surface area contributed by atoms with Gasteiger partial charge in [0.15, 0.2) is 0 Å².